The summed E-state index contributed by atoms with van der Waals surface area (Å²) in [4.78, 5) is 3.80. The van der Waals surface area contributed by atoms with Crippen LogP contribution in [-0.2, 0) is 0 Å². The molecule has 0 unspecified atom stereocenters. The molecular weight excluding hydrogens is 264 g/mol. The topological polar surface area (TPSA) is 12.9 Å². The maximum Gasteiger partial charge on any atom is 0.148 e. The Morgan fingerprint density at radius 3 is 2.33 bits per heavy atom. The van der Waals surface area contributed by atoms with Crippen molar-refractivity contribution in [1.82, 2.24) is 4.98 Å². The van der Waals surface area contributed by atoms with Crippen molar-refractivity contribution in [2.75, 3.05) is 0 Å². The number of nitrogens with zero attached hydrogens (tertiary/aromatic N) is 1. The van der Waals surface area contributed by atoms with E-state index in [1.807, 2.05) is 0 Å². The van der Waals surface area contributed by atoms with E-state index in [1.54, 1.807) is 12.1 Å². The minimum absolute atomic E-state index is 0.0354. The predicted molar refractivity (Wildman–Crippen MR) is 57.3 cm³/mol. The van der Waals surface area contributed by atoms with Crippen LogP contribution in [0, 0.1) is 11.6 Å². The van der Waals surface area contributed by atoms with Crippen LogP contribution in [0.25, 0.3) is 11.1 Å². The van der Waals surface area contributed by atoms with E-state index in [4.69, 9.17) is 0 Å². The van der Waals surface area contributed by atoms with E-state index in [9.17, 15) is 8.78 Å². The first-order valence-electron chi connectivity index (χ1n) is 4.24. The van der Waals surface area contributed by atoms with Gasteiger partial charge in [-0.15, -0.1) is 0 Å². The molecular formula is C11H6BrF2N. The molecule has 0 bridgehead atoms. The van der Waals surface area contributed by atoms with Crippen molar-refractivity contribution in [3.05, 3.63) is 52.8 Å². The fourth-order valence-electron chi connectivity index (χ4n) is 1.31. The van der Waals surface area contributed by atoms with Gasteiger partial charge in [0.05, 0.1) is 10.0 Å². The van der Waals surface area contributed by atoms with Crippen LogP contribution in [0.2, 0.25) is 0 Å². The molecule has 2 rings (SSSR count). The summed E-state index contributed by atoms with van der Waals surface area (Å²) in [5.74, 6) is -1.18. The van der Waals surface area contributed by atoms with Gasteiger partial charge in [0.15, 0.2) is 0 Å². The van der Waals surface area contributed by atoms with Crippen LogP contribution in [0.15, 0.2) is 41.1 Å². The van der Waals surface area contributed by atoms with Crippen molar-refractivity contribution >= 4 is 15.9 Å². The molecule has 0 saturated heterocycles. The van der Waals surface area contributed by atoms with Crippen molar-refractivity contribution in [2.24, 2.45) is 0 Å². The Morgan fingerprint density at radius 1 is 1.00 bits per heavy atom. The van der Waals surface area contributed by atoms with Gasteiger partial charge in [-0.1, -0.05) is 0 Å². The lowest BCUT2D eigenvalue weighted by Gasteiger charge is -2.05. The van der Waals surface area contributed by atoms with Crippen molar-refractivity contribution in [1.29, 1.82) is 0 Å². The average Bonchev–Trinajstić information content (AvgIpc) is 2.26. The first-order chi connectivity index (χ1) is 7.20. The van der Waals surface area contributed by atoms with E-state index >= 15 is 0 Å². The van der Waals surface area contributed by atoms with Gasteiger partial charge in [-0.05, 0) is 45.8 Å². The van der Waals surface area contributed by atoms with Crippen LogP contribution in [-0.4, -0.2) is 4.98 Å². The molecule has 0 aliphatic rings. The molecule has 76 valence electrons. The van der Waals surface area contributed by atoms with Crippen LogP contribution in [0.5, 0.6) is 0 Å². The summed E-state index contributed by atoms with van der Waals surface area (Å²) in [6.07, 6.45) is 2.99. The smallest absolute Gasteiger partial charge is 0.148 e. The first-order valence-corrected chi connectivity index (χ1v) is 5.03. The molecule has 1 aromatic heterocycles. The number of aromatic nitrogens is 1. The highest BCUT2D eigenvalue weighted by Gasteiger charge is 2.13. The number of hydrogen-bond donors (Lipinski definition) is 0. The summed E-state index contributed by atoms with van der Waals surface area (Å²) in [5, 5.41) is 0. The molecule has 4 heteroatoms. The maximum atomic E-state index is 13.6. The monoisotopic (exact) mass is 269 g/mol. The zero-order valence-corrected chi connectivity index (χ0v) is 9.13. The van der Waals surface area contributed by atoms with E-state index in [0.29, 0.717) is 5.56 Å². The Labute approximate surface area is 93.9 Å². The zero-order chi connectivity index (χ0) is 10.8. The van der Waals surface area contributed by atoms with E-state index < -0.39 is 11.6 Å². The molecule has 0 atom stereocenters. The Morgan fingerprint density at radius 2 is 1.67 bits per heavy atom. The van der Waals surface area contributed by atoms with Crippen LogP contribution in [0.3, 0.4) is 0 Å². The number of rotatable bonds is 1. The summed E-state index contributed by atoms with van der Waals surface area (Å²) >= 11 is 3.02. The van der Waals surface area contributed by atoms with Gasteiger partial charge in [-0.25, -0.2) is 8.78 Å². The molecule has 1 nitrogen and oxygen atoms in total. The highest BCUT2D eigenvalue weighted by molar-refractivity contribution is 9.10. The van der Waals surface area contributed by atoms with Crippen molar-refractivity contribution in [3.63, 3.8) is 0 Å². The first kappa shape index (κ1) is 10.2. The quantitative estimate of drug-likeness (QED) is 0.718. The molecule has 0 aliphatic heterocycles. The lowest BCUT2D eigenvalue weighted by molar-refractivity contribution is 0.585. The van der Waals surface area contributed by atoms with E-state index in [1.165, 1.54) is 24.5 Å². The minimum Gasteiger partial charge on any atom is -0.265 e. The standard InChI is InChI=1S/C11H6BrF2N/c12-8-1-2-9(13)10(11(8)14)7-3-5-15-6-4-7/h1-6H. The second kappa shape index (κ2) is 4.06. The Balaban J connectivity index is 2.68. The molecule has 15 heavy (non-hydrogen) atoms. The summed E-state index contributed by atoms with van der Waals surface area (Å²) in [7, 11) is 0. The molecule has 0 fully saturated rings. The molecule has 1 aromatic carbocycles. The Kier molecular flexibility index (Phi) is 2.77. The molecule has 0 saturated carbocycles. The zero-order valence-electron chi connectivity index (χ0n) is 7.55. The number of benzene rings is 1. The molecule has 0 radical (unpaired) electrons. The van der Waals surface area contributed by atoms with Crippen LogP contribution >= 0.6 is 15.9 Å². The van der Waals surface area contributed by atoms with Gasteiger partial charge in [0, 0.05) is 12.4 Å². The van der Waals surface area contributed by atoms with Gasteiger partial charge in [0.1, 0.15) is 11.6 Å². The second-order valence-electron chi connectivity index (χ2n) is 2.95. The number of halogens is 3. The molecule has 2 aromatic rings. The summed E-state index contributed by atoms with van der Waals surface area (Å²) in [6, 6.07) is 5.69. The van der Waals surface area contributed by atoms with Crippen molar-refractivity contribution in [3.8, 4) is 11.1 Å². The Hall–Kier alpha value is -1.29. The number of hydrogen-bond acceptors (Lipinski definition) is 1. The maximum absolute atomic E-state index is 13.6. The lowest BCUT2D eigenvalue weighted by atomic mass is 10.1. The third kappa shape index (κ3) is 1.90. The van der Waals surface area contributed by atoms with Gasteiger partial charge >= 0.3 is 0 Å². The largest absolute Gasteiger partial charge is 0.265 e. The fraction of sp³-hybridized carbons (Fsp3) is 0. The summed E-state index contributed by atoms with van der Waals surface area (Å²) in [5.41, 5.74) is 0.438. The number of pyridine rings is 1. The van der Waals surface area contributed by atoms with Gasteiger partial charge in [-0.2, -0.15) is 0 Å². The predicted octanol–water partition coefficient (Wildman–Crippen LogP) is 3.79. The van der Waals surface area contributed by atoms with Crippen LogP contribution in [0.1, 0.15) is 0 Å². The third-order valence-electron chi connectivity index (χ3n) is 2.01. The van der Waals surface area contributed by atoms with Gasteiger partial charge in [-0.3, -0.25) is 4.98 Å². The SMILES string of the molecule is Fc1ccc(Br)c(F)c1-c1ccncc1. The third-order valence-corrected chi connectivity index (χ3v) is 2.63. The summed E-state index contributed by atoms with van der Waals surface area (Å²) < 4.78 is 27.3. The lowest BCUT2D eigenvalue weighted by Crippen LogP contribution is -1.91. The normalized spacial score (nSPS) is 10.3. The van der Waals surface area contributed by atoms with E-state index in [0.717, 1.165) is 0 Å². The molecule has 0 N–H and O–H groups in total. The van der Waals surface area contributed by atoms with Gasteiger partial charge in [0.25, 0.3) is 0 Å². The molecule has 0 spiro atoms. The van der Waals surface area contributed by atoms with Gasteiger partial charge < -0.3 is 0 Å². The molecule has 1 heterocycles. The second-order valence-corrected chi connectivity index (χ2v) is 3.81. The van der Waals surface area contributed by atoms with E-state index in [-0.39, 0.29) is 10.0 Å². The van der Waals surface area contributed by atoms with E-state index in [2.05, 4.69) is 20.9 Å². The minimum atomic E-state index is -0.596. The average molecular weight is 270 g/mol. The summed E-state index contributed by atoms with van der Waals surface area (Å²) in [6.45, 7) is 0. The fourth-order valence-corrected chi connectivity index (χ4v) is 1.64. The molecule has 0 amide bonds. The van der Waals surface area contributed by atoms with Crippen molar-refractivity contribution < 1.29 is 8.78 Å². The highest BCUT2D eigenvalue weighted by Crippen LogP contribution is 2.29. The van der Waals surface area contributed by atoms with Crippen LogP contribution in [0.4, 0.5) is 8.78 Å². The Bertz CT molecular complexity index is 485. The highest BCUT2D eigenvalue weighted by atomic mass is 79.9. The van der Waals surface area contributed by atoms with Gasteiger partial charge in [0.2, 0.25) is 0 Å². The molecule has 0 aliphatic carbocycles. The van der Waals surface area contributed by atoms with Crippen molar-refractivity contribution in [2.45, 2.75) is 0 Å². The van der Waals surface area contributed by atoms with Crippen LogP contribution < -0.4 is 0 Å².